The van der Waals surface area contributed by atoms with Gasteiger partial charge in [-0.2, -0.15) is 4.98 Å². The van der Waals surface area contributed by atoms with E-state index >= 15 is 0 Å². The van der Waals surface area contributed by atoms with E-state index < -0.39 is 0 Å². The quantitative estimate of drug-likeness (QED) is 0.852. The van der Waals surface area contributed by atoms with Gasteiger partial charge in [0.25, 0.3) is 0 Å². The zero-order chi connectivity index (χ0) is 11.4. The first-order valence-electron chi connectivity index (χ1n) is 6.42. The summed E-state index contributed by atoms with van der Waals surface area (Å²) >= 11 is 0. The van der Waals surface area contributed by atoms with Crippen molar-refractivity contribution in [2.75, 3.05) is 6.54 Å². The fourth-order valence-electron chi connectivity index (χ4n) is 2.26. The molecule has 1 aliphatic heterocycles. The van der Waals surface area contributed by atoms with Gasteiger partial charge in [-0.1, -0.05) is 25.4 Å². The Morgan fingerprint density at radius 1 is 1.38 bits per heavy atom. The van der Waals surface area contributed by atoms with Gasteiger partial charge in [0.2, 0.25) is 5.89 Å². The van der Waals surface area contributed by atoms with Crippen LogP contribution in [0.15, 0.2) is 4.52 Å². The lowest BCUT2D eigenvalue weighted by atomic mass is 10.0. The SMILES string of the molecule is CCC(CC)c1nc(C2CCCCN2)no1. The molecule has 0 radical (unpaired) electrons. The van der Waals surface area contributed by atoms with Crippen LogP contribution in [0.5, 0.6) is 0 Å². The van der Waals surface area contributed by atoms with Crippen LogP contribution >= 0.6 is 0 Å². The molecule has 1 atom stereocenters. The minimum atomic E-state index is 0.306. The van der Waals surface area contributed by atoms with Crippen LogP contribution in [0.25, 0.3) is 0 Å². The molecule has 1 unspecified atom stereocenters. The number of hydrogen-bond acceptors (Lipinski definition) is 4. The van der Waals surface area contributed by atoms with Crippen molar-refractivity contribution in [1.82, 2.24) is 15.5 Å². The lowest BCUT2D eigenvalue weighted by Crippen LogP contribution is -2.27. The lowest BCUT2D eigenvalue weighted by molar-refractivity contribution is 0.330. The monoisotopic (exact) mass is 223 g/mol. The first kappa shape index (κ1) is 11.6. The molecule has 16 heavy (non-hydrogen) atoms. The normalized spacial score (nSPS) is 21.6. The van der Waals surface area contributed by atoms with Gasteiger partial charge in [0.05, 0.1) is 6.04 Å². The predicted molar refractivity (Wildman–Crippen MR) is 62.2 cm³/mol. The van der Waals surface area contributed by atoms with Gasteiger partial charge in [0.15, 0.2) is 5.82 Å². The van der Waals surface area contributed by atoms with E-state index in [1.807, 2.05) is 0 Å². The van der Waals surface area contributed by atoms with Gasteiger partial charge in [-0.05, 0) is 32.2 Å². The molecule has 1 fully saturated rings. The molecule has 0 aromatic carbocycles. The molecule has 4 heteroatoms. The van der Waals surface area contributed by atoms with E-state index in [1.54, 1.807) is 0 Å². The summed E-state index contributed by atoms with van der Waals surface area (Å²) in [7, 11) is 0. The second kappa shape index (κ2) is 5.43. The van der Waals surface area contributed by atoms with Crippen LogP contribution in [0.2, 0.25) is 0 Å². The standard InChI is InChI=1S/C12H21N3O/c1-3-9(4-2)12-14-11(15-16-12)10-7-5-6-8-13-10/h9-10,13H,3-8H2,1-2H3. The first-order valence-corrected chi connectivity index (χ1v) is 6.42. The van der Waals surface area contributed by atoms with Crippen molar-refractivity contribution < 1.29 is 4.52 Å². The summed E-state index contributed by atoms with van der Waals surface area (Å²) in [5, 5.41) is 7.55. The summed E-state index contributed by atoms with van der Waals surface area (Å²) in [6.07, 6.45) is 5.77. The maximum Gasteiger partial charge on any atom is 0.229 e. The van der Waals surface area contributed by atoms with Crippen LogP contribution in [0, 0.1) is 0 Å². The second-order valence-electron chi connectivity index (χ2n) is 4.51. The van der Waals surface area contributed by atoms with Crippen LogP contribution in [-0.2, 0) is 0 Å². The van der Waals surface area contributed by atoms with E-state index in [9.17, 15) is 0 Å². The van der Waals surface area contributed by atoms with E-state index in [2.05, 4.69) is 29.3 Å². The van der Waals surface area contributed by atoms with Crippen molar-refractivity contribution in [3.8, 4) is 0 Å². The maximum absolute atomic E-state index is 5.36. The van der Waals surface area contributed by atoms with Crippen molar-refractivity contribution in [2.45, 2.75) is 57.9 Å². The van der Waals surface area contributed by atoms with Crippen LogP contribution < -0.4 is 5.32 Å². The summed E-state index contributed by atoms with van der Waals surface area (Å²) in [5.74, 6) is 2.08. The summed E-state index contributed by atoms with van der Waals surface area (Å²) in [6, 6.07) is 0.306. The van der Waals surface area contributed by atoms with Crippen LogP contribution in [0.4, 0.5) is 0 Å². The Morgan fingerprint density at radius 3 is 2.81 bits per heavy atom. The predicted octanol–water partition coefficient (Wildman–Crippen LogP) is 2.79. The third-order valence-corrected chi connectivity index (χ3v) is 3.41. The summed E-state index contributed by atoms with van der Waals surface area (Å²) in [5.41, 5.74) is 0. The average Bonchev–Trinajstić information content (AvgIpc) is 2.81. The van der Waals surface area contributed by atoms with Gasteiger partial charge in [0, 0.05) is 5.92 Å². The van der Waals surface area contributed by atoms with Gasteiger partial charge in [-0.25, -0.2) is 0 Å². The number of nitrogens with zero attached hydrogens (tertiary/aromatic N) is 2. The molecule has 2 heterocycles. The lowest BCUT2D eigenvalue weighted by Gasteiger charge is -2.19. The zero-order valence-corrected chi connectivity index (χ0v) is 10.2. The smallest absolute Gasteiger partial charge is 0.229 e. The molecule has 0 saturated carbocycles. The minimum absolute atomic E-state index is 0.306. The van der Waals surface area contributed by atoms with E-state index in [1.165, 1.54) is 12.8 Å². The highest BCUT2D eigenvalue weighted by atomic mass is 16.5. The van der Waals surface area contributed by atoms with E-state index in [4.69, 9.17) is 4.52 Å². The van der Waals surface area contributed by atoms with Crippen molar-refractivity contribution in [3.05, 3.63) is 11.7 Å². The molecule has 1 aromatic heterocycles. The topological polar surface area (TPSA) is 51.0 Å². The molecule has 1 N–H and O–H groups in total. The Morgan fingerprint density at radius 2 is 2.19 bits per heavy atom. The zero-order valence-electron chi connectivity index (χ0n) is 10.2. The van der Waals surface area contributed by atoms with Gasteiger partial charge < -0.3 is 9.84 Å². The number of piperidine rings is 1. The summed E-state index contributed by atoms with van der Waals surface area (Å²) in [6.45, 7) is 5.40. The maximum atomic E-state index is 5.36. The van der Waals surface area contributed by atoms with E-state index in [-0.39, 0.29) is 0 Å². The first-order chi connectivity index (χ1) is 7.85. The molecule has 2 rings (SSSR count). The largest absolute Gasteiger partial charge is 0.339 e. The summed E-state index contributed by atoms with van der Waals surface area (Å²) < 4.78 is 5.36. The molecule has 0 bridgehead atoms. The highest BCUT2D eigenvalue weighted by Crippen LogP contribution is 2.25. The minimum Gasteiger partial charge on any atom is -0.339 e. The van der Waals surface area contributed by atoms with Crippen LogP contribution in [0.1, 0.15) is 69.6 Å². The third kappa shape index (κ3) is 2.43. The third-order valence-electron chi connectivity index (χ3n) is 3.41. The molecule has 1 saturated heterocycles. The fourth-order valence-corrected chi connectivity index (χ4v) is 2.26. The Labute approximate surface area is 96.8 Å². The molecule has 1 aromatic rings. The molecule has 1 aliphatic rings. The second-order valence-corrected chi connectivity index (χ2v) is 4.51. The Balaban J connectivity index is 2.05. The van der Waals surface area contributed by atoms with Gasteiger partial charge >= 0.3 is 0 Å². The van der Waals surface area contributed by atoms with Crippen molar-refractivity contribution in [1.29, 1.82) is 0 Å². The molecular formula is C12H21N3O. The molecular weight excluding hydrogens is 202 g/mol. The molecule has 0 amide bonds. The van der Waals surface area contributed by atoms with Gasteiger partial charge in [-0.15, -0.1) is 0 Å². The molecule has 0 aliphatic carbocycles. The number of nitrogens with one attached hydrogen (secondary N) is 1. The summed E-state index contributed by atoms with van der Waals surface area (Å²) in [4.78, 5) is 4.54. The van der Waals surface area contributed by atoms with E-state index in [0.717, 1.165) is 37.5 Å². The highest BCUT2D eigenvalue weighted by molar-refractivity contribution is 4.99. The Kier molecular flexibility index (Phi) is 3.93. The molecule has 0 spiro atoms. The van der Waals surface area contributed by atoms with Crippen LogP contribution in [0.3, 0.4) is 0 Å². The highest BCUT2D eigenvalue weighted by Gasteiger charge is 2.22. The van der Waals surface area contributed by atoms with Crippen molar-refractivity contribution >= 4 is 0 Å². The van der Waals surface area contributed by atoms with Crippen molar-refractivity contribution in [2.24, 2.45) is 0 Å². The Hall–Kier alpha value is -0.900. The number of rotatable bonds is 4. The van der Waals surface area contributed by atoms with Crippen molar-refractivity contribution in [3.63, 3.8) is 0 Å². The van der Waals surface area contributed by atoms with Crippen LogP contribution in [-0.4, -0.2) is 16.7 Å². The molecule has 90 valence electrons. The number of aromatic nitrogens is 2. The molecule has 4 nitrogen and oxygen atoms in total. The number of hydrogen-bond donors (Lipinski definition) is 1. The Bertz CT molecular complexity index is 314. The van der Waals surface area contributed by atoms with E-state index in [0.29, 0.717) is 12.0 Å². The van der Waals surface area contributed by atoms with Gasteiger partial charge in [0.1, 0.15) is 0 Å². The fraction of sp³-hybridized carbons (Fsp3) is 0.833. The average molecular weight is 223 g/mol. The van der Waals surface area contributed by atoms with Gasteiger partial charge in [-0.3, -0.25) is 0 Å².